The van der Waals surface area contributed by atoms with Crippen molar-refractivity contribution in [1.82, 2.24) is 5.32 Å². The van der Waals surface area contributed by atoms with Crippen molar-refractivity contribution in [1.29, 1.82) is 0 Å². The van der Waals surface area contributed by atoms with Gasteiger partial charge in [-0.15, -0.1) is 0 Å². The fourth-order valence-corrected chi connectivity index (χ4v) is 2.50. The van der Waals surface area contributed by atoms with Gasteiger partial charge in [0.1, 0.15) is 5.75 Å². The Kier molecular flexibility index (Phi) is 5.28. The molecule has 2 rings (SSSR count). The minimum Gasteiger partial charge on any atom is -0.502 e. The van der Waals surface area contributed by atoms with Crippen LogP contribution in [0.3, 0.4) is 0 Å². The first-order valence-corrected chi connectivity index (χ1v) is 6.93. The van der Waals surface area contributed by atoms with Crippen LogP contribution in [0.15, 0.2) is 37.1 Å². The van der Waals surface area contributed by atoms with Crippen molar-refractivity contribution >= 4 is 0 Å². The molecule has 1 fully saturated rings. The van der Waals surface area contributed by atoms with Crippen molar-refractivity contribution in [3.8, 4) is 5.75 Å². The van der Waals surface area contributed by atoms with Crippen molar-refractivity contribution < 1.29 is 9.47 Å². The van der Waals surface area contributed by atoms with Crippen molar-refractivity contribution in [3.05, 3.63) is 42.7 Å². The van der Waals surface area contributed by atoms with Crippen LogP contribution in [0.25, 0.3) is 0 Å². The van der Waals surface area contributed by atoms with Crippen LogP contribution < -0.4 is 10.1 Å². The lowest BCUT2D eigenvalue weighted by Gasteiger charge is -2.36. The summed E-state index contributed by atoms with van der Waals surface area (Å²) in [5.41, 5.74) is 1.40. The normalized spacial score (nSPS) is 21.5. The Bertz CT molecular complexity index is 399. The van der Waals surface area contributed by atoms with Gasteiger partial charge < -0.3 is 14.8 Å². The second-order valence-electron chi connectivity index (χ2n) is 4.99. The zero-order valence-electron chi connectivity index (χ0n) is 11.6. The first-order chi connectivity index (χ1) is 9.33. The quantitative estimate of drug-likeness (QED) is 0.576. The maximum atomic E-state index is 5.27. The fraction of sp³-hybridized carbons (Fsp3) is 0.500. The molecule has 0 aliphatic heterocycles. The predicted octanol–water partition coefficient (Wildman–Crippen LogP) is 3.08. The summed E-state index contributed by atoms with van der Waals surface area (Å²) >= 11 is 0. The molecule has 1 saturated carbocycles. The number of rotatable bonds is 8. The van der Waals surface area contributed by atoms with Gasteiger partial charge in [0.2, 0.25) is 0 Å². The van der Waals surface area contributed by atoms with Gasteiger partial charge in [0.05, 0.1) is 20.0 Å². The minimum absolute atomic E-state index is 0.653. The van der Waals surface area contributed by atoms with Crippen LogP contribution in [0.5, 0.6) is 5.75 Å². The van der Waals surface area contributed by atoms with E-state index in [2.05, 4.69) is 30.1 Å². The molecular formula is C16H23NO2. The maximum Gasteiger partial charge on any atom is 0.119 e. The Morgan fingerprint density at radius 3 is 3.00 bits per heavy atom. The van der Waals surface area contributed by atoms with E-state index in [1.165, 1.54) is 24.7 Å². The van der Waals surface area contributed by atoms with Gasteiger partial charge >= 0.3 is 0 Å². The highest BCUT2D eigenvalue weighted by molar-refractivity contribution is 5.32. The highest BCUT2D eigenvalue weighted by Crippen LogP contribution is 2.37. The van der Waals surface area contributed by atoms with Crippen LogP contribution in [0.1, 0.15) is 30.7 Å². The van der Waals surface area contributed by atoms with E-state index in [4.69, 9.17) is 9.47 Å². The maximum absolute atomic E-state index is 5.27. The van der Waals surface area contributed by atoms with Gasteiger partial charge in [-0.05, 0) is 49.4 Å². The van der Waals surface area contributed by atoms with Gasteiger partial charge in [-0.1, -0.05) is 18.7 Å². The van der Waals surface area contributed by atoms with E-state index < -0.39 is 0 Å². The molecule has 0 aromatic heterocycles. The van der Waals surface area contributed by atoms with E-state index in [9.17, 15) is 0 Å². The number of nitrogens with one attached hydrogen (secondary N) is 1. The molecule has 0 heterocycles. The lowest BCUT2D eigenvalue weighted by Crippen LogP contribution is -2.40. The van der Waals surface area contributed by atoms with Crippen LogP contribution in [-0.2, 0) is 4.74 Å². The van der Waals surface area contributed by atoms with E-state index in [0.717, 1.165) is 25.3 Å². The largest absolute Gasteiger partial charge is 0.502 e. The molecule has 19 heavy (non-hydrogen) atoms. The van der Waals surface area contributed by atoms with Gasteiger partial charge in [-0.3, -0.25) is 0 Å². The number of methoxy groups -OCH3 is 1. The molecule has 0 bridgehead atoms. The Morgan fingerprint density at radius 2 is 2.26 bits per heavy atom. The number of hydrogen-bond acceptors (Lipinski definition) is 3. The molecule has 0 saturated heterocycles. The zero-order chi connectivity index (χ0) is 13.5. The Morgan fingerprint density at radius 1 is 1.42 bits per heavy atom. The Balaban J connectivity index is 1.66. The lowest BCUT2D eigenvalue weighted by molar-refractivity contribution is 0.232. The molecule has 0 spiro atoms. The van der Waals surface area contributed by atoms with Crippen LogP contribution in [0.2, 0.25) is 0 Å². The van der Waals surface area contributed by atoms with E-state index in [0.29, 0.717) is 12.0 Å². The van der Waals surface area contributed by atoms with Crippen molar-refractivity contribution in [3.63, 3.8) is 0 Å². The molecule has 3 heteroatoms. The SMILES string of the molecule is C=COCCCNC1CC(c2cccc(OC)c2)C1. The van der Waals surface area contributed by atoms with E-state index >= 15 is 0 Å². The fourth-order valence-electron chi connectivity index (χ4n) is 2.50. The molecule has 0 atom stereocenters. The molecule has 3 nitrogen and oxygen atoms in total. The van der Waals surface area contributed by atoms with Crippen LogP contribution in [0, 0.1) is 0 Å². The summed E-state index contributed by atoms with van der Waals surface area (Å²) in [6.45, 7) is 5.30. The average molecular weight is 261 g/mol. The molecule has 0 amide bonds. The summed E-state index contributed by atoms with van der Waals surface area (Å²) in [5.74, 6) is 1.63. The van der Waals surface area contributed by atoms with E-state index in [1.807, 2.05) is 6.07 Å². The highest BCUT2D eigenvalue weighted by atomic mass is 16.5. The summed E-state index contributed by atoms with van der Waals surface area (Å²) in [6, 6.07) is 9.07. The highest BCUT2D eigenvalue weighted by Gasteiger charge is 2.29. The van der Waals surface area contributed by atoms with Crippen molar-refractivity contribution in [2.75, 3.05) is 20.3 Å². The predicted molar refractivity (Wildman–Crippen MR) is 77.5 cm³/mol. The van der Waals surface area contributed by atoms with E-state index in [1.54, 1.807) is 7.11 Å². The van der Waals surface area contributed by atoms with Gasteiger partial charge in [0, 0.05) is 6.04 Å². The third kappa shape index (κ3) is 4.00. The topological polar surface area (TPSA) is 30.5 Å². The smallest absolute Gasteiger partial charge is 0.119 e. The Labute approximate surface area is 115 Å². The third-order valence-electron chi connectivity index (χ3n) is 3.69. The summed E-state index contributed by atoms with van der Waals surface area (Å²) < 4.78 is 10.4. The first-order valence-electron chi connectivity index (χ1n) is 6.93. The van der Waals surface area contributed by atoms with Crippen LogP contribution in [0.4, 0.5) is 0 Å². The molecule has 1 aliphatic carbocycles. The summed E-state index contributed by atoms with van der Waals surface area (Å²) in [5, 5.41) is 3.56. The molecule has 1 aromatic carbocycles. The first kappa shape index (κ1) is 13.9. The average Bonchev–Trinajstić information content (AvgIpc) is 2.40. The number of hydrogen-bond donors (Lipinski definition) is 1. The summed E-state index contributed by atoms with van der Waals surface area (Å²) in [4.78, 5) is 0. The molecular weight excluding hydrogens is 238 g/mol. The summed E-state index contributed by atoms with van der Waals surface area (Å²) in [6.07, 6.45) is 4.97. The zero-order valence-corrected chi connectivity index (χ0v) is 11.6. The van der Waals surface area contributed by atoms with Gasteiger partial charge in [0.25, 0.3) is 0 Å². The lowest BCUT2D eigenvalue weighted by atomic mass is 9.76. The summed E-state index contributed by atoms with van der Waals surface area (Å²) in [7, 11) is 1.72. The molecule has 1 aromatic rings. The standard InChI is InChI=1S/C16H23NO2/c1-3-19-9-5-8-17-15-10-14(11-15)13-6-4-7-16(12-13)18-2/h3-4,6-7,12,14-15,17H,1,5,8-11H2,2H3. The Hall–Kier alpha value is -1.48. The van der Waals surface area contributed by atoms with Crippen LogP contribution in [-0.4, -0.2) is 26.3 Å². The number of benzene rings is 1. The van der Waals surface area contributed by atoms with Gasteiger partial charge in [0.15, 0.2) is 0 Å². The molecule has 1 N–H and O–H groups in total. The second-order valence-corrected chi connectivity index (χ2v) is 4.99. The molecule has 0 radical (unpaired) electrons. The second kappa shape index (κ2) is 7.19. The van der Waals surface area contributed by atoms with Crippen molar-refractivity contribution in [2.24, 2.45) is 0 Å². The van der Waals surface area contributed by atoms with Crippen LogP contribution >= 0.6 is 0 Å². The van der Waals surface area contributed by atoms with Gasteiger partial charge in [-0.25, -0.2) is 0 Å². The molecule has 104 valence electrons. The molecule has 0 unspecified atom stereocenters. The number of ether oxygens (including phenoxy) is 2. The third-order valence-corrected chi connectivity index (χ3v) is 3.69. The van der Waals surface area contributed by atoms with Crippen molar-refractivity contribution in [2.45, 2.75) is 31.2 Å². The van der Waals surface area contributed by atoms with Gasteiger partial charge in [-0.2, -0.15) is 0 Å². The van der Waals surface area contributed by atoms with E-state index in [-0.39, 0.29) is 0 Å². The molecule has 1 aliphatic rings. The monoisotopic (exact) mass is 261 g/mol. The minimum atomic E-state index is 0.653.